The molecule has 0 saturated carbocycles. The number of pyridine rings is 2. The summed E-state index contributed by atoms with van der Waals surface area (Å²) in [5.74, 6) is -2.24. The molecule has 0 aliphatic carbocycles. The van der Waals surface area contributed by atoms with Gasteiger partial charge in [-0.05, 0) is 55.0 Å². The third kappa shape index (κ3) is 13.3. The van der Waals surface area contributed by atoms with Crippen LogP contribution in [0.15, 0.2) is 59.7 Å². The maximum atomic E-state index is 14.2. The van der Waals surface area contributed by atoms with Crippen LogP contribution in [0.4, 0.5) is 19.0 Å². The van der Waals surface area contributed by atoms with Crippen LogP contribution in [0.25, 0.3) is 0 Å². The first-order chi connectivity index (χ1) is 21.1. The molecule has 1 fully saturated rings. The van der Waals surface area contributed by atoms with Gasteiger partial charge in [-0.25, -0.2) is 18.2 Å². The Kier molecular flexibility index (Phi) is 20.1. The van der Waals surface area contributed by atoms with Crippen LogP contribution in [0, 0.1) is 5.82 Å². The molecule has 1 aromatic carbocycles. The molecule has 1 aliphatic rings. The van der Waals surface area contributed by atoms with E-state index in [0.717, 1.165) is 12.1 Å². The van der Waals surface area contributed by atoms with E-state index in [9.17, 15) is 22.8 Å². The number of carbonyl (C=O) groups is 1. The SMILES string of the molecule is CC.CC.CC(C=O)N1CCC(F)(F)C(c2c[nH]c(=O)c(CN)c2)C1.CCC.CNc1ccc(Oc2ccc(F)cc2)cn1. The molecule has 3 aromatic rings. The number of aromatic nitrogens is 2. The van der Waals surface area contributed by atoms with E-state index in [4.69, 9.17) is 10.5 Å². The molecule has 11 heteroatoms. The largest absolute Gasteiger partial charge is 0.456 e. The van der Waals surface area contributed by atoms with E-state index in [1.54, 1.807) is 49.3 Å². The van der Waals surface area contributed by atoms with Gasteiger partial charge < -0.3 is 25.6 Å². The highest BCUT2D eigenvalue weighted by Crippen LogP contribution is 2.40. The molecule has 0 radical (unpaired) electrons. The number of alkyl halides is 2. The molecule has 0 bridgehead atoms. The Hall–Kier alpha value is -3.70. The fourth-order valence-electron chi connectivity index (χ4n) is 3.86. The number of aldehydes is 1. The van der Waals surface area contributed by atoms with Crippen LogP contribution in [0.2, 0.25) is 0 Å². The summed E-state index contributed by atoms with van der Waals surface area (Å²) < 4.78 is 46.5. The number of halogens is 3. The smallest absolute Gasteiger partial charge is 0.257 e. The van der Waals surface area contributed by atoms with Crippen LogP contribution >= 0.6 is 0 Å². The standard InChI is InChI=1S/C14H19F2N3O2.C12H11FN2O.C3H8.2C2H6/c1-9(8-20)19-3-2-14(15,16)12(7-19)11-4-10(5-17)13(21)18-6-11;1-14-12-7-6-11(8-15-12)16-10-4-2-9(13)3-5-10;1-3-2;2*1-2/h4,6,8-9,12H,2-3,5,7,17H2,1H3,(H,18,21);2-8H,1H3,(H,14,15);3H2,1-2H3;2*1-2H3. The van der Waals surface area contributed by atoms with E-state index in [-0.39, 0.29) is 43.0 Å². The summed E-state index contributed by atoms with van der Waals surface area (Å²) in [5, 5.41) is 2.91. The van der Waals surface area contributed by atoms with E-state index >= 15 is 0 Å². The first-order valence-electron chi connectivity index (χ1n) is 15.1. The Labute approximate surface area is 260 Å². The number of H-pyrrole nitrogens is 1. The number of hydrogen-bond acceptors (Lipinski definition) is 7. The van der Waals surface area contributed by atoms with Gasteiger partial charge in [-0.2, -0.15) is 0 Å². The number of nitrogens with two attached hydrogens (primary N) is 1. The Morgan fingerprint density at radius 1 is 1.14 bits per heavy atom. The number of nitrogens with zero attached hydrogens (tertiary/aromatic N) is 2. The maximum absolute atomic E-state index is 14.2. The molecule has 2 unspecified atom stereocenters. The third-order valence-electron chi connectivity index (χ3n) is 6.10. The number of aromatic amines is 1. The number of nitrogens with one attached hydrogen (secondary N) is 2. The van der Waals surface area contributed by atoms with Gasteiger partial charge in [0.1, 0.15) is 29.4 Å². The minimum Gasteiger partial charge on any atom is -0.456 e. The number of anilines is 1. The van der Waals surface area contributed by atoms with Gasteiger partial charge in [0, 0.05) is 44.9 Å². The summed E-state index contributed by atoms with van der Waals surface area (Å²) in [7, 11) is 1.79. The summed E-state index contributed by atoms with van der Waals surface area (Å²) in [4.78, 5) is 30.6. The Morgan fingerprint density at radius 2 is 1.73 bits per heavy atom. The van der Waals surface area contributed by atoms with Crippen LogP contribution in [-0.2, 0) is 11.3 Å². The number of piperidine rings is 1. The minimum atomic E-state index is -2.87. The lowest BCUT2D eigenvalue weighted by molar-refractivity contribution is -0.117. The van der Waals surface area contributed by atoms with Gasteiger partial charge in [-0.15, -0.1) is 0 Å². The quantitative estimate of drug-likeness (QED) is 0.236. The van der Waals surface area contributed by atoms with E-state index in [2.05, 4.69) is 29.1 Å². The molecular weight excluding hydrogens is 571 g/mol. The van der Waals surface area contributed by atoms with Gasteiger partial charge in [0.2, 0.25) is 0 Å². The second kappa shape index (κ2) is 21.9. The lowest BCUT2D eigenvalue weighted by atomic mass is 9.86. The van der Waals surface area contributed by atoms with Gasteiger partial charge >= 0.3 is 0 Å². The van der Waals surface area contributed by atoms with Crippen molar-refractivity contribution in [1.82, 2.24) is 14.9 Å². The molecule has 1 aliphatic heterocycles. The number of hydrogen-bond donors (Lipinski definition) is 3. The second-order valence-electron chi connectivity index (χ2n) is 9.32. The van der Waals surface area contributed by atoms with E-state index < -0.39 is 17.9 Å². The molecule has 3 heterocycles. The Balaban J connectivity index is 0.000000714. The molecule has 0 spiro atoms. The van der Waals surface area contributed by atoms with Crippen molar-refractivity contribution in [1.29, 1.82) is 0 Å². The normalized spacial score (nSPS) is 15.6. The Bertz CT molecular complexity index is 1240. The van der Waals surface area contributed by atoms with Crippen LogP contribution < -0.4 is 21.3 Å². The molecule has 4 N–H and O–H groups in total. The average molecular weight is 622 g/mol. The van der Waals surface area contributed by atoms with Crippen LogP contribution in [0.1, 0.15) is 78.4 Å². The predicted octanol–water partition coefficient (Wildman–Crippen LogP) is 7.37. The summed E-state index contributed by atoms with van der Waals surface area (Å²) in [6, 6.07) is 10.5. The monoisotopic (exact) mass is 621 g/mol. The predicted molar refractivity (Wildman–Crippen MR) is 173 cm³/mol. The molecular formula is C33H50F3N5O3. The number of likely N-dealkylation sites (tertiary alicyclic amines) is 1. The van der Waals surface area contributed by atoms with Gasteiger partial charge in [0.05, 0.1) is 18.2 Å². The first-order valence-corrected chi connectivity index (χ1v) is 15.1. The van der Waals surface area contributed by atoms with Crippen LogP contribution in [0.3, 0.4) is 0 Å². The van der Waals surface area contributed by atoms with E-state index in [0.29, 0.717) is 17.1 Å². The van der Waals surface area contributed by atoms with Crippen molar-refractivity contribution in [2.45, 2.75) is 85.7 Å². The number of rotatable bonds is 7. The summed E-state index contributed by atoms with van der Waals surface area (Å²) in [6.45, 7) is 14.2. The maximum Gasteiger partial charge on any atom is 0.257 e. The third-order valence-corrected chi connectivity index (χ3v) is 6.10. The number of benzene rings is 1. The molecule has 2 atom stereocenters. The molecule has 1 saturated heterocycles. The minimum absolute atomic E-state index is 0.00405. The van der Waals surface area contributed by atoms with Gasteiger partial charge in [-0.1, -0.05) is 48.0 Å². The van der Waals surface area contributed by atoms with Gasteiger partial charge in [0.25, 0.3) is 11.5 Å². The molecule has 44 heavy (non-hydrogen) atoms. The highest BCUT2D eigenvalue weighted by molar-refractivity contribution is 5.56. The Morgan fingerprint density at radius 3 is 2.23 bits per heavy atom. The summed E-state index contributed by atoms with van der Waals surface area (Å²) in [5.41, 5.74) is 5.72. The van der Waals surface area contributed by atoms with Crippen molar-refractivity contribution in [3.8, 4) is 11.5 Å². The fourth-order valence-corrected chi connectivity index (χ4v) is 3.86. The fraction of sp³-hybridized carbons (Fsp3) is 0.485. The van der Waals surface area contributed by atoms with Crippen molar-refractivity contribution in [3.05, 3.63) is 82.2 Å². The zero-order valence-corrected chi connectivity index (χ0v) is 27.3. The molecule has 246 valence electrons. The summed E-state index contributed by atoms with van der Waals surface area (Å²) in [6.07, 6.45) is 4.61. The van der Waals surface area contributed by atoms with E-state index in [1.807, 2.05) is 27.7 Å². The topological polar surface area (TPSA) is 113 Å². The second-order valence-corrected chi connectivity index (χ2v) is 9.32. The average Bonchev–Trinajstić information content (AvgIpc) is 3.05. The molecule has 0 amide bonds. The van der Waals surface area contributed by atoms with Crippen molar-refractivity contribution < 1.29 is 22.7 Å². The van der Waals surface area contributed by atoms with Crippen molar-refractivity contribution >= 4 is 12.1 Å². The lowest BCUT2D eigenvalue weighted by Gasteiger charge is -2.40. The van der Waals surface area contributed by atoms with Gasteiger partial charge in [-0.3, -0.25) is 9.69 Å². The van der Waals surface area contributed by atoms with Crippen molar-refractivity contribution in [3.63, 3.8) is 0 Å². The molecule has 4 rings (SSSR count). The molecule has 2 aromatic heterocycles. The zero-order chi connectivity index (χ0) is 33.7. The van der Waals surface area contributed by atoms with Crippen molar-refractivity contribution in [2.24, 2.45) is 5.73 Å². The highest BCUT2D eigenvalue weighted by Gasteiger charge is 2.45. The van der Waals surface area contributed by atoms with Crippen molar-refractivity contribution in [2.75, 3.05) is 25.5 Å². The molecule has 8 nitrogen and oxygen atoms in total. The van der Waals surface area contributed by atoms with Crippen LogP contribution in [-0.4, -0.2) is 53.3 Å². The van der Waals surface area contributed by atoms with E-state index in [1.165, 1.54) is 30.8 Å². The van der Waals surface area contributed by atoms with Gasteiger partial charge in [0.15, 0.2) is 0 Å². The van der Waals surface area contributed by atoms with Crippen LogP contribution in [0.5, 0.6) is 11.5 Å². The summed E-state index contributed by atoms with van der Waals surface area (Å²) >= 11 is 0. The number of ether oxygens (including phenoxy) is 1. The highest BCUT2D eigenvalue weighted by atomic mass is 19.3. The number of carbonyl (C=O) groups excluding carboxylic acids is 1. The zero-order valence-electron chi connectivity index (χ0n) is 27.3. The first kappa shape index (κ1) is 40.3. The lowest BCUT2D eigenvalue weighted by Crippen LogP contribution is -2.49.